The number of pyridine rings is 2. The third-order valence-corrected chi connectivity index (χ3v) is 11.1. The van der Waals surface area contributed by atoms with Crippen LogP contribution in [-0.4, -0.2) is 132 Å². The molecule has 2 saturated heterocycles. The molecule has 4 aromatic rings. The van der Waals surface area contributed by atoms with Crippen LogP contribution in [0, 0.1) is 0 Å². The van der Waals surface area contributed by atoms with Crippen molar-refractivity contribution < 1.29 is 43.0 Å². The third kappa shape index (κ3) is 8.42. The van der Waals surface area contributed by atoms with Gasteiger partial charge in [-0.3, -0.25) is 53.7 Å². The Kier molecular flexibility index (Phi) is 12.2. The molecule has 60 heavy (non-hydrogen) atoms. The number of nitrogens with one attached hydrogen (secondary N) is 3. The summed E-state index contributed by atoms with van der Waals surface area (Å²) in [5, 5.41) is 9.24. The molecule has 0 spiro atoms. The van der Waals surface area contributed by atoms with Crippen molar-refractivity contribution in [3.63, 3.8) is 0 Å². The summed E-state index contributed by atoms with van der Waals surface area (Å²) in [6.07, 6.45) is 5.78. The number of ether oxygens (including phenoxy) is 3. The van der Waals surface area contributed by atoms with Crippen LogP contribution >= 0.6 is 0 Å². The number of likely N-dealkylation sites (tertiary alicyclic amines) is 1. The first-order valence-electron chi connectivity index (χ1n) is 19.5. The monoisotopic (exact) mass is 822 g/mol. The van der Waals surface area contributed by atoms with Gasteiger partial charge in [-0.05, 0) is 67.2 Å². The topological polar surface area (TPSA) is 211 Å². The molecule has 6 amide bonds. The number of amides is 6. The lowest BCUT2D eigenvalue weighted by atomic mass is 9.97. The van der Waals surface area contributed by atoms with Gasteiger partial charge in [0.1, 0.15) is 23.3 Å². The minimum atomic E-state index is -1.08. The van der Waals surface area contributed by atoms with Crippen molar-refractivity contribution in [2.75, 3.05) is 60.6 Å². The van der Waals surface area contributed by atoms with Gasteiger partial charge in [0, 0.05) is 76.9 Å². The maximum absolute atomic E-state index is 13.2. The van der Waals surface area contributed by atoms with Crippen LogP contribution < -0.4 is 35.7 Å². The predicted molar refractivity (Wildman–Crippen MR) is 216 cm³/mol. The van der Waals surface area contributed by atoms with Gasteiger partial charge in [0.2, 0.25) is 17.7 Å². The van der Waals surface area contributed by atoms with Gasteiger partial charge in [0.05, 0.1) is 42.3 Å². The number of aromatic nitrogens is 2. The Morgan fingerprint density at radius 3 is 2.30 bits per heavy atom. The van der Waals surface area contributed by atoms with Crippen LogP contribution in [0.15, 0.2) is 59.8 Å². The quantitative estimate of drug-likeness (QED) is 0.134. The molecule has 18 heteroatoms. The number of hydrogen-bond donors (Lipinski definition) is 3. The number of aryl methyl sites for hydroxylation is 1. The first-order valence-corrected chi connectivity index (χ1v) is 19.5. The first-order chi connectivity index (χ1) is 28.9. The van der Waals surface area contributed by atoms with E-state index in [0.717, 1.165) is 33.5 Å². The molecule has 0 saturated carbocycles. The van der Waals surface area contributed by atoms with Crippen LogP contribution in [0.5, 0.6) is 17.2 Å². The number of likely N-dealkylation sites (N-methyl/N-ethyl adjacent to an activating group) is 1. The largest absolute Gasteiger partial charge is 0.496 e. The van der Waals surface area contributed by atoms with Gasteiger partial charge >= 0.3 is 0 Å². The first kappa shape index (κ1) is 41.5. The van der Waals surface area contributed by atoms with E-state index in [2.05, 4.69) is 25.8 Å². The second-order valence-corrected chi connectivity index (χ2v) is 14.9. The van der Waals surface area contributed by atoms with E-state index in [1.54, 1.807) is 39.9 Å². The molecule has 5 heterocycles. The van der Waals surface area contributed by atoms with Crippen molar-refractivity contribution in [2.24, 2.45) is 7.05 Å². The van der Waals surface area contributed by atoms with Gasteiger partial charge in [-0.15, -0.1) is 0 Å². The predicted octanol–water partition coefficient (Wildman–Crippen LogP) is 0.836. The summed E-state index contributed by atoms with van der Waals surface area (Å²) in [5.74, 6) is -1.52. The summed E-state index contributed by atoms with van der Waals surface area (Å²) >= 11 is 0. The van der Waals surface area contributed by atoms with Crippen molar-refractivity contribution >= 4 is 46.2 Å². The Balaban J connectivity index is 0.847. The molecule has 0 radical (unpaired) electrons. The minimum Gasteiger partial charge on any atom is -0.496 e. The minimum absolute atomic E-state index is 0.0184. The molecule has 18 nitrogen and oxygen atoms in total. The van der Waals surface area contributed by atoms with Gasteiger partial charge in [-0.2, -0.15) is 0 Å². The number of carbonyl (C=O) groups excluding carboxylic acids is 6. The second kappa shape index (κ2) is 17.7. The normalized spacial score (nSPS) is 17.6. The highest BCUT2D eigenvalue weighted by molar-refractivity contribution is 6.23. The molecule has 0 aliphatic carbocycles. The van der Waals surface area contributed by atoms with Gasteiger partial charge in [0.25, 0.3) is 23.3 Å². The lowest BCUT2D eigenvalue weighted by molar-refractivity contribution is -0.136. The number of rotatable bonds is 16. The van der Waals surface area contributed by atoms with Crippen molar-refractivity contribution in [2.45, 2.75) is 37.9 Å². The van der Waals surface area contributed by atoms with Crippen LogP contribution in [0.2, 0.25) is 0 Å². The zero-order chi connectivity index (χ0) is 42.7. The summed E-state index contributed by atoms with van der Waals surface area (Å²) in [7, 11) is 6.76. The molecule has 2 aromatic carbocycles. The smallest absolute Gasteiger partial charge is 0.262 e. The van der Waals surface area contributed by atoms with Crippen LogP contribution in [0.1, 0.15) is 45.5 Å². The van der Waals surface area contributed by atoms with E-state index in [1.165, 1.54) is 22.8 Å². The number of imide groups is 2. The average Bonchev–Trinajstić information content (AvgIpc) is 3.47. The molecule has 3 N–H and O–H groups in total. The van der Waals surface area contributed by atoms with Gasteiger partial charge in [-0.25, -0.2) is 0 Å². The van der Waals surface area contributed by atoms with Crippen molar-refractivity contribution in [1.29, 1.82) is 0 Å². The molecule has 7 rings (SSSR count). The van der Waals surface area contributed by atoms with E-state index in [0.29, 0.717) is 56.0 Å². The second-order valence-electron chi connectivity index (χ2n) is 14.9. The van der Waals surface area contributed by atoms with Gasteiger partial charge in [-0.1, -0.05) is 0 Å². The SMILES string of the molecule is COc1cc(-c2cn(C)c(=O)c3cnccc23)cc(OC)c1CN1CC[C@H]1C(=O)NCCN(C)CCNC(=O)COc1ccc2c(c1)C(=O)N(C1CCC(=O)NC1=O)C2=O. The maximum atomic E-state index is 13.2. The number of nitrogens with zero attached hydrogens (tertiary/aromatic N) is 5. The van der Waals surface area contributed by atoms with Crippen LogP contribution in [0.3, 0.4) is 0 Å². The summed E-state index contributed by atoms with van der Waals surface area (Å²) in [6, 6.07) is 8.50. The van der Waals surface area contributed by atoms with Crippen molar-refractivity contribution in [3.8, 4) is 28.4 Å². The Bertz CT molecular complexity index is 2430. The molecular weight excluding hydrogens is 777 g/mol. The highest BCUT2D eigenvalue weighted by Crippen LogP contribution is 2.39. The maximum Gasteiger partial charge on any atom is 0.262 e. The summed E-state index contributed by atoms with van der Waals surface area (Å²) in [5.41, 5.74) is 2.47. The van der Waals surface area contributed by atoms with E-state index in [1.807, 2.05) is 30.1 Å². The summed E-state index contributed by atoms with van der Waals surface area (Å²) in [6.45, 7) is 2.59. The number of benzene rings is 2. The number of hydrogen-bond acceptors (Lipinski definition) is 13. The number of fused-ring (bicyclic) bond motifs is 2. The molecule has 3 aliphatic rings. The van der Waals surface area contributed by atoms with Crippen LogP contribution in [-0.2, 0) is 32.8 Å². The molecule has 1 unspecified atom stereocenters. The number of carbonyl (C=O) groups is 6. The Morgan fingerprint density at radius 2 is 1.62 bits per heavy atom. The molecule has 314 valence electrons. The fraction of sp³-hybridized carbons (Fsp3) is 0.381. The van der Waals surface area contributed by atoms with Crippen molar-refractivity contribution in [1.82, 2.24) is 40.2 Å². The molecular formula is C42H46N8O10. The van der Waals surface area contributed by atoms with Crippen molar-refractivity contribution in [3.05, 3.63) is 82.0 Å². The Labute approximate surface area is 344 Å². The lowest BCUT2D eigenvalue weighted by Gasteiger charge is -2.40. The number of methoxy groups -OCH3 is 2. The standard InChI is InChI=1S/C42H46N8O10/c1-47(15-12-44-37(52)23-60-25-5-6-27-28(19-25)42(57)50(41(27)56)33-7-8-36(51)46-39(33)54)16-13-45-38(53)32-10-14-49(32)22-31-34(58-3)17-24(18-35(31)59-4)30-21-48(2)40(55)29-20-43-11-9-26(29)30/h5-6,9,11,17-21,32-33H,7-8,10,12-16,22-23H2,1-4H3,(H,44,52)(H,45,53)(H,46,51,54)/t32-,33?/m0/s1. The highest BCUT2D eigenvalue weighted by Gasteiger charge is 2.45. The van der Waals surface area contributed by atoms with E-state index >= 15 is 0 Å². The summed E-state index contributed by atoms with van der Waals surface area (Å²) < 4.78 is 18.8. The fourth-order valence-electron chi connectivity index (χ4n) is 7.69. The van der Waals surface area contributed by atoms with Crippen LogP contribution in [0.25, 0.3) is 21.9 Å². The lowest BCUT2D eigenvalue weighted by Crippen LogP contribution is -2.56. The van der Waals surface area contributed by atoms with E-state index < -0.39 is 35.6 Å². The van der Waals surface area contributed by atoms with Gasteiger partial charge in [0.15, 0.2) is 6.61 Å². The molecule has 2 fully saturated rings. The molecule has 2 aromatic heterocycles. The summed E-state index contributed by atoms with van der Waals surface area (Å²) in [4.78, 5) is 97.4. The Hall–Kier alpha value is -6.66. The number of piperidine rings is 1. The average molecular weight is 823 g/mol. The zero-order valence-corrected chi connectivity index (χ0v) is 33.7. The van der Waals surface area contributed by atoms with E-state index in [9.17, 15) is 33.6 Å². The molecule has 3 aliphatic heterocycles. The van der Waals surface area contributed by atoms with E-state index in [-0.39, 0.29) is 53.8 Å². The fourth-order valence-corrected chi connectivity index (χ4v) is 7.69. The molecule has 0 bridgehead atoms. The molecule has 2 atom stereocenters. The van der Waals surface area contributed by atoms with Gasteiger partial charge < -0.3 is 34.3 Å². The Morgan fingerprint density at radius 1 is 0.900 bits per heavy atom. The van der Waals surface area contributed by atoms with Crippen LogP contribution in [0.4, 0.5) is 0 Å². The highest BCUT2D eigenvalue weighted by atomic mass is 16.5. The zero-order valence-electron chi connectivity index (χ0n) is 33.7. The third-order valence-electron chi connectivity index (χ3n) is 11.1. The van der Waals surface area contributed by atoms with E-state index in [4.69, 9.17) is 14.2 Å².